The number of benzene rings is 3. The van der Waals surface area contributed by atoms with Crippen LogP contribution in [0, 0.1) is 10.8 Å². The molecule has 0 amide bonds. The average Bonchev–Trinajstić information content (AvgIpc) is 2.96. The van der Waals surface area contributed by atoms with E-state index >= 15 is 0 Å². The largest absolute Gasteiger partial charge is 0.493 e. The molecular weight excluding hydrogens is 650 g/mol. The molecule has 1 heterocycles. The number of allylic oxidation sites excluding steroid dienone is 4. The molecule has 0 N–H and O–H groups in total. The van der Waals surface area contributed by atoms with E-state index in [2.05, 4.69) is 60.7 Å². The van der Waals surface area contributed by atoms with Gasteiger partial charge in [-0.05, 0) is 80.6 Å². The molecule has 0 unspecified atom stereocenters. The lowest BCUT2D eigenvalue weighted by molar-refractivity contribution is -0.119. The molecule has 45 heavy (non-hydrogen) atoms. The van der Waals surface area contributed by atoms with Gasteiger partial charge >= 0.3 is 0 Å². The molecule has 3 aromatic rings. The van der Waals surface area contributed by atoms with Crippen LogP contribution in [0.1, 0.15) is 76.0 Å². The van der Waals surface area contributed by atoms with Crippen molar-refractivity contribution in [2.45, 2.75) is 72.4 Å². The van der Waals surface area contributed by atoms with Gasteiger partial charge in [0.1, 0.15) is 6.61 Å². The summed E-state index contributed by atoms with van der Waals surface area (Å²) in [5, 5.41) is 0.643. The summed E-state index contributed by atoms with van der Waals surface area (Å²) in [6, 6.07) is 21.8. The van der Waals surface area contributed by atoms with E-state index in [1.807, 2.05) is 54.6 Å². The molecule has 0 saturated heterocycles. The van der Waals surface area contributed by atoms with E-state index in [1.54, 1.807) is 7.11 Å². The molecule has 2 aliphatic carbocycles. The zero-order valence-corrected chi connectivity index (χ0v) is 28.8. The number of hydrogen-bond acceptors (Lipinski definition) is 5. The Labute approximate surface area is 279 Å². The monoisotopic (exact) mass is 687 g/mol. The maximum Gasteiger partial charge on any atom is 0.175 e. The van der Waals surface area contributed by atoms with Gasteiger partial charge in [0.25, 0.3) is 0 Å². The number of rotatable bonds is 7. The predicted octanol–water partition coefficient (Wildman–Crippen LogP) is 9.58. The molecule has 0 saturated carbocycles. The molecule has 6 rings (SSSR count). The van der Waals surface area contributed by atoms with Crippen LogP contribution in [0.5, 0.6) is 11.5 Å². The van der Waals surface area contributed by atoms with Crippen molar-refractivity contribution in [2.75, 3.05) is 7.11 Å². The Kier molecular flexibility index (Phi) is 8.51. The highest BCUT2D eigenvalue weighted by Crippen LogP contribution is 2.55. The summed E-state index contributed by atoms with van der Waals surface area (Å²) in [5.41, 5.74) is 6.06. The van der Waals surface area contributed by atoms with Crippen LogP contribution in [0.15, 0.2) is 93.7 Å². The predicted molar refractivity (Wildman–Crippen MR) is 181 cm³/mol. The SMILES string of the molecule is COc1cc(C2C3=C(CC(C)(C)CC3=O)N(Cc3ccccc3)C3=C2C(=O)CC(C)(C)C3)cc(Br)c1OCc1cccc(Cl)c1. The van der Waals surface area contributed by atoms with Crippen LogP contribution in [-0.2, 0) is 22.7 Å². The van der Waals surface area contributed by atoms with Gasteiger partial charge in [0.15, 0.2) is 23.1 Å². The Hall–Kier alpha value is -3.35. The number of hydrogen-bond donors (Lipinski definition) is 0. The number of methoxy groups -OCH3 is 1. The molecule has 3 aliphatic rings. The normalized spacial score (nSPS) is 19.4. The van der Waals surface area contributed by atoms with Gasteiger partial charge in [0.05, 0.1) is 11.6 Å². The molecule has 7 heteroatoms. The van der Waals surface area contributed by atoms with Gasteiger partial charge in [-0.25, -0.2) is 0 Å². The molecule has 234 valence electrons. The first-order chi connectivity index (χ1) is 21.4. The Balaban J connectivity index is 1.50. The maximum atomic E-state index is 14.2. The fraction of sp³-hybridized carbons (Fsp3) is 0.368. The fourth-order valence-corrected chi connectivity index (χ4v) is 7.95. The van der Waals surface area contributed by atoms with Crippen molar-refractivity contribution in [1.82, 2.24) is 4.90 Å². The number of Topliss-reactive ketones (excluding diaryl/α,β-unsaturated/α-hetero) is 2. The number of ketones is 2. The molecule has 5 nitrogen and oxygen atoms in total. The third-order valence-electron chi connectivity index (χ3n) is 9.06. The van der Waals surface area contributed by atoms with Crippen LogP contribution in [0.3, 0.4) is 0 Å². The smallest absolute Gasteiger partial charge is 0.175 e. The van der Waals surface area contributed by atoms with Gasteiger partial charge < -0.3 is 14.4 Å². The molecule has 0 fully saturated rings. The Morgan fingerprint density at radius 3 is 2.00 bits per heavy atom. The lowest BCUT2D eigenvalue weighted by Gasteiger charge is -2.49. The molecule has 0 radical (unpaired) electrons. The first-order valence-corrected chi connectivity index (χ1v) is 16.6. The van der Waals surface area contributed by atoms with Gasteiger partial charge in [-0.15, -0.1) is 0 Å². The lowest BCUT2D eigenvalue weighted by atomic mass is 9.63. The molecule has 1 aliphatic heterocycles. The van der Waals surface area contributed by atoms with E-state index in [4.69, 9.17) is 21.1 Å². The second-order valence-electron chi connectivity index (χ2n) is 14.1. The zero-order chi connectivity index (χ0) is 32.1. The summed E-state index contributed by atoms with van der Waals surface area (Å²) in [6.07, 6.45) is 2.37. The van der Waals surface area contributed by atoms with Crippen molar-refractivity contribution in [2.24, 2.45) is 10.8 Å². The molecule has 0 atom stereocenters. The molecule has 3 aromatic carbocycles. The standard InChI is InChI=1S/C38H39BrClNO4/c1-37(2)17-28-34(30(42)19-37)33(25-15-27(39)36(32(16-25)44-5)45-22-24-12-9-13-26(40)14-24)35-29(18-38(3,4)20-31(35)43)41(28)21-23-10-7-6-8-11-23/h6-16,33H,17-22H2,1-5H3. The molecule has 0 spiro atoms. The van der Waals surface area contributed by atoms with E-state index in [1.165, 1.54) is 0 Å². The molecule has 0 aromatic heterocycles. The second kappa shape index (κ2) is 12.1. The van der Waals surface area contributed by atoms with E-state index < -0.39 is 5.92 Å². The van der Waals surface area contributed by atoms with Gasteiger partial charge in [0, 0.05) is 52.9 Å². The second-order valence-corrected chi connectivity index (χ2v) is 15.4. The quantitative estimate of drug-likeness (QED) is 0.248. The van der Waals surface area contributed by atoms with E-state index in [9.17, 15) is 9.59 Å². The van der Waals surface area contributed by atoms with Crippen LogP contribution >= 0.6 is 27.5 Å². The number of halogens is 2. The number of ether oxygens (including phenoxy) is 2. The summed E-state index contributed by atoms with van der Waals surface area (Å²) in [5.74, 6) is 0.805. The zero-order valence-electron chi connectivity index (χ0n) is 26.5. The highest BCUT2D eigenvalue weighted by molar-refractivity contribution is 9.10. The minimum atomic E-state index is -0.485. The van der Waals surface area contributed by atoms with Crippen LogP contribution in [-0.4, -0.2) is 23.6 Å². The maximum absolute atomic E-state index is 14.2. The van der Waals surface area contributed by atoms with Crippen LogP contribution in [0.25, 0.3) is 0 Å². The minimum Gasteiger partial charge on any atom is -0.493 e. The Morgan fingerprint density at radius 2 is 1.42 bits per heavy atom. The summed E-state index contributed by atoms with van der Waals surface area (Å²) >= 11 is 9.94. The minimum absolute atomic E-state index is 0.102. The summed E-state index contributed by atoms with van der Waals surface area (Å²) < 4.78 is 12.8. The topological polar surface area (TPSA) is 55.8 Å². The summed E-state index contributed by atoms with van der Waals surface area (Å²) in [6.45, 7) is 9.57. The average molecular weight is 689 g/mol. The summed E-state index contributed by atoms with van der Waals surface area (Å²) in [7, 11) is 1.61. The van der Waals surface area contributed by atoms with Crippen molar-refractivity contribution in [3.63, 3.8) is 0 Å². The van der Waals surface area contributed by atoms with Gasteiger partial charge in [0.2, 0.25) is 0 Å². The molecule has 0 bridgehead atoms. The number of nitrogens with zero attached hydrogens (tertiary/aromatic N) is 1. The van der Waals surface area contributed by atoms with Crippen molar-refractivity contribution in [3.05, 3.63) is 115 Å². The van der Waals surface area contributed by atoms with Gasteiger partial charge in [-0.3, -0.25) is 9.59 Å². The summed E-state index contributed by atoms with van der Waals surface area (Å²) in [4.78, 5) is 30.8. The van der Waals surface area contributed by atoms with Crippen molar-refractivity contribution >= 4 is 39.1 Å². The van der Waals surface area contributed by atoms with E-state index in [0.717, 1.165) is 52.1 Å². The number of carbonyl (C=O) groups is 2. The van der Waals surface area contributed by atoms with Gasteiger partial charge in [-0.1, -0.05) is 81.8 Å². The van der Waals surface area contributed by atoms with Crippen molar-refractivity contribution in [3.8, 4) is 11.5 Å². The third-order valence-corrected chi connectivity index (χ3v) is 9.89. The first-order valence-electron chi connectivity index (χ1n) is 15.4. The Morgan fingerprint density at radius 1 is 0.822 bits per heavy atom. The highest BCUT2D eigenvalue weighted by Gasteiger charge is 2.49. The van der Waals surface area contributed by atoms with Crippen LogP contribution < -0.4 is 9.47 Å². The lowest BCUT2D eigenvalue weighted by Crippen LogP contribution is -2.44. The van der Waals surface area contributed by atoms with Crippen molar-refractivity contribution in [1.29, 1.82) is 0 Å². The van der Waals surface area contributed by atoms with Gasteiger partial charge in [-0.2, -0.15) is 0 Å². The van der Waals surface area contributed by atoms with Crippen LogP contribution in [0.2, 0.25) is 5.02 Å². The van der Waals surface area contributed by atoms with Crippen LogP contribution in [0.4, 0.5) is 0 Å². The number of carbonyl (C=O) groups excluding carboxylic acids is 2. The molecular formula is C38H39BrClNO4. The van der Waals surface area contributed by atoms with Crippen molar-refractivity contribution < 1.29 is 19.1 Å². The van der Waals surface area contributed by atoms with E-state index in [-0.39, 0.29) is 22.4 Å². The Bertz CT molecular complexity index is 1690. The third kappa shape index (κ3) is 6.37. The fourth-order valence-electron chi connectivity index (χ4n) is 7.17. The van der Waals surface area contributed by atoms with E-state index in [0.29, 0.717) is 47.0 Å². The first kappa shape index (κ1) is 31.6. The highest BCUT2D eigenvalue weighted by atomic mass is 79.9.